The predicted octanol–water partition coefficient (Wildman–Crippen LogP) is 3.20. The van der Waals surface area contributed by atoms with E-state index in [1.807, 2.05) is 12.3 Å². The van der Waals surface area contributed by atoms with Crippen LogP contribution in [0.1, 0.15) is 25.8 Å². The smallest absolute Gasteiger partial charge is 0.103 e. The topological polar surface area (TPSA) is 30.3 Å². The Morgan fingerprint density at radius 3 is 2.75 bits per heavy atom. The van der Waals surface area contributed by atoms with E-state index in [1.165, 1.54) is 6.42 Å². The Morgan fingerprint density at radius 2 is 2.15 bits per heavy atom. The van der Waals surface area contributed by atoms with Crippen molar-refractivity contribution in [2.24, 2.45) is 0 Å². The quantitative estimate of drug-likeness (QED) is 0.779. The lowest BCUT2D eigenvalue weighted by Gasteiger charge is -2.27. The van der Waals surface area contributed by atoms with E-state index < -0.39 is 0 Å². The maximum atomic E-state index is 9.46. The number of nitrogens with zero attached hydrogens (tertiary/aromatic N) is 3. The number of thioether (sulfide) groups is 1. The number of hydrogen-bond donors (Lipinski definition) is 0. The van der Waals surface area contributed by atoms with Gasteiger partial charge in [0.2, 0.25) is 0 Å². The average Bonchev–Trinajstić information content (AvgIpc) is 2.97. The Bertz CT molecular complexity index is 491. The van der Waals surface area contributed by atoms with Crippen molar-refractivity contribution >= 4 is 17.4 Å². The van der Waals surface area contributed by atoms with Gasteiger partial charge in [0.1, 0.15) is 6.07 Å². The molecule has 2 rings (SSSR count). The molecule has 0 N–H and O–H groups in total. The molecule has 0 amide bonds. The first kappa shape index (κ1) is 15.2. The van der Waals surface area contributed by atoms with Crippen LogP contribution in [-0.2, 0) is 0 Å². The molecule has 0 aliphatic carbocycles. The molecule has 1 aromatic carbocycles. The minimum atomic E-state index is 0.620. The third kappa shape index (κ3) is 2.94. The molecule has 1 aromatic rings. The molecule has 4 heteroatoms. The lowest BCUT2D eigenvalue weighted by molar-refractivity contribution is 0.232. The van der Waals surface area contributed by atoms with Crippen LogP contribution in [-0.4, -0.2) is 43.4 Å². The van der Waals surface area contributed by atoms with E-state index in [0.29, 0.717) is 6.04 Å². The van der Waals surface area contributed by atoms with Crippen LogP contribution in [0.15, 0.2) is 23.1 Å². The highest BCUT2D eigenvalue weighted by atomic mass is 32.2. The third-order valence-corrected chi connectivity index (χ3v) is 4.95. The second-order valence-corrected chi connectivity index (χ2v) is 5.92. The zero-order chi connectivity index (χ0) is 14.5. The van der Waals surface area contributed by atoms with Crippen molar-refractivity contribution in [2.45, 2.75) is 31.2 Å². The Labute approximate surface area is 126 Å². The Morgan fingerprint density at radius 1 is 1.40 bits per heavy atom. The summed E-state index contributed by atoms with van der Waals surface area (Å²) >= 11 is 1.65. The first-order valence-corrected chi connectivity index (χ1v) is 8.53. The van der Waals surface area contributed by atoms with Gasteiger partial charge in [0, 0.05) is 24.0 Å². The Kier molecular flexibility index (Phi) is 5.33. The zero-order valence-electron chi connectivity index (χ0n) is 12.6. The van der Waals surface area contributed by atoms with Gasteiger partial charge in [0.15, 0.2) is 0 Å². The van der Waals surface area contributed by atoms with Crippen LogP contribution in [0, 0.1) is 11.3 Å². The maximum Gasteiger partial charge on any atom is 0.103 e. The summed E-state index contributed by atoms with van der Waals surface area (Å²) in [5, 5.41) is 9.46. The second kappa shape index (κ2) is 7.01. The van der Waals surface area contributed by atoms with Crippen molar-refractivity contribution in [3.8, 4) is 6.07 Å². The number of nitriles is 1. The first-order valence-electron chi connectivity index (χ1n) is 7.31. The Balaban J connectivity index is 2.20. The molecule has 0 bridgehead atoms. The fourth-order valence-electron chi connectivity index (χ4n) is 3.06. The van der Waals surface area contributed by atoms with Gasteiger partial charge < -0.3 is 4.90 Å². The fraction of sp³-hybridized carbons (Fsp3) is 0.562. The van der Waals surface area contributed by atoms with Crippen molar-refractivity contribution in [1.29, 1.82) is 5.26 Å². The molecular formula is C16H23N3S. The lowest BCUT2D eigenvalue weighted by atomic mass is 10.2. The van der Waals surface area contributed by atoms with E-state index in [-0.39, 0.29) is 0 Å². The van der Waals surface area contributed by atoms with E-state index in [0.717, 1.165) is 42.3 Å². The summed E-state index contributed by atoms with van der Waals surface area (Å²) in [4.78, 5) is 5.97. The third-order valence-electron chi connectivity index (χ3n) is 4.17. The summed E-state index contributed by atoms with van der Waals surface area (Å²) in [6.45, 7) is 8.74. The highest BCUT2D eigenvalue weighted by Crippen LogP contribution is 2.31. The first-order chi connectivity index (χ1) is 9.74. The average molecular weight is 289 g/mol. The van der Waals surface area contributed by atoms with Gasteiger partial charge in [0.25, 0.3) is 0 Å². The molecule has 1 fully saturated rings. The van der Waals surface area contributed by atoms with Crippen LogP contribution in [0.3, 0.4) is 0 Å². The number of anilines is 1. The van der Waals surface area contributed by atoms with Gasteiger partial charge in [-0.2, -0.15) is 5.26 Å². The van der Waals surface area contributed by atoms with Crippen LogP contribution in [0.5, 0.6) is 0 Å². The van der Waals surface area contributed by atoms with Gasteiger partial charge in [-0.1, -0.05) is 19.9 Å². The minimum absolute atomic E-state index is 0.620. The maximum absolute atomic E-state index is 9.46. The van der Waals surface area contributed by atoms with Gasteiger partial charge in [-0.25, -0.2) is 0 Å². The number of likely N-dealkylation sites (N-methyl/N-ethyl adjacent to an activating group) is 1. The highest BCUT2D eigenvalue weighted by molar-refractivity contribution is 7.98. The van der Waals surface area contributed by atoms with E-state index in [2.05, 4.69) is 41.8 Å². The molecular weight excluding hydrogens is 266 g/mol. The summed E-state index contributed by atoms with van der Waals surface area (Å²) < 4.78 is 0. The summed E-state index contributed by atoms with van der Waals surface area (Å²) in [6.07, 6.45) is 3.22. The molecule has 1 unspecified atom stereocenters. The molecule has 108 valence electrons. The van der Waals surface area contributed by atoms with Crippen molar-refractivity contribution < 1.29 is 0 Å². The minimum Gasteiger partial charge on any atom is -0.369 e. The van der Waals surface area contributed by atoms with Crippen molar-refractivity contribution in [2.75, 3.05) is 37.3 Å². The van der Waals surface area contributed by atoms with Gasteiger partial charge in [-0.15, -0.1) is 11.8 Å². The molecule has 1 heterocycles. The van der Waals surface area contributed by atoms with Crippen molar-refractivity contribution in [3.05, 3.63) is 23.8 Å². The van der Waals surface area contributed by atoms with Crippen LogP contribution in [0.25, 0.3) is 0 Å². The van der Waals surface area contributed by atoms with E-state index in [9.17, 15) is 5.26 Å². The van der Waals surface area contributed by atoms with Crippen LogP contribution in [0.4, 0.5) is 5.69 Å². The van der Waals surface area contributed by atoms with E-state index in [1.54, 1.807) is 11.8 Å². The van der Waals surface area contributed by atoms with Crippen molar-refractivity contribution in [1.82, 2.24) is 4.90 Å². The van der Waals surface area contributed by atoms with Gasteiger partial charge in [-0.3, -0.25) is 4.90 Å². The summed E-state index contributed by atoms with van der Waals surface area (Å²) in [7, 11) is 0. The second-order valence-electron chi connectivity index (χ2n) is 5.08. The number of hydrogen-bond acceptors (Lipinski definition) is 4. The molecule has 0 saturated carbocycles. The van der Waals surface area contributed by atoms with E-state index in [4.69, 9.17) is 0 Å². The number of rotatable bonds is 5. The van der Waals surface area contributed by atoms with Gasteiger partial charge in [-0.05, 0) is 37.9 Å². The van der Waals surface area contributed by atoms with Gasteiger partial charge in [0.05, 0.1) is 11.3 Å². The normalized spacial score (nSPS) is 18.6. The van der Waals surface area contributed by atoms with Crippen LogP contribution in [0.2, 0.25) is 0 Å². The summed E-state index contributed by atoms with van der Waals surface area (Å²) in [5.74, 6) is 0. The molecule has 0 spiro atoms. The monoisotopic (exact) mass is 289 g/mol. The molecule has 3 nitrogen and oxygen atoms in total. The Hall–Kier alpha value is -1.18. The summed E-state index contributed by atoms with van der Waals surface area (Å²) in [6, 6.07) is 9.19. The molecule has 1 atom stereocenters. The standard InChI is InChI=1S/C16H23N3S/c1-4-18(5-2)13-9-10-19(12-13)15-7-6-8-16(20-3)14(15)11-17/h6-8,13H,4-5,9-10,12H2,1-3H3. The molecule has 20 heavy (non-hydrogen) atoms. The summed E-state index contributed by atoms with van der Waals surface area (Å²) in [5.41, 5.74) is 1.94. The number of benzene rings is 1. The predicted molar refractivity (Wildman–Crippen MR) is 86.5 cm³/mol. The highest BCUT2D eigenvalue weighted by Gasteiger charge is 2.27. The molecule has 1 aliphatic heterocycles. The molecule has 1 aliphatic rings. The molecule has 0 radical (unpaired) electrons. The SMILES string of the molecule is CCN(CC)C1CCN(c2cccc(SC)c2C#N)C1. The van der Waals surface area contributed by atoms with Crippen LogP contribution >= 0.6 is 11.8 Å². The zero-order valence-corrected chi connectivity index (χ0v) is 13.4. The van der Waals surface area contributed by atoms with Crippen molar-refractivity contribution in [3.63, 3.8) is 0 Å². The van der Waals surface area contributed by atoms with Gasteiger partial charge >= 0.3 is 0 Å². The largest absolute Gasteiger partial charge is 0.369 e. The lowest BCUT2D eigenvalue weighted by Crippen LogP contribution is -2.37. The molecule has 0 aromatic heterocycles. The fourth-order valence-corrected chi connectivity index (χ4v) is 3.63. The van der Waals surface area contributed by atoms with Crippen LogP contribution < -0.4 is 4.90 Å². The van der Waals surface area contributed by atoms with E-state index >= 15 is 0 Å². The molecule has 1 saturated heterocycles.